The zero-order valence-corrected chi connectivity index (χ0v) is 13.3. The highest BCUT2D eigenvalue weighted by Crippen LogP contribution is 2.23. The molecule has 0 fully saturated rings. The van der Waals surface area contributed by atoms with E-state index in [1.54, 1.807) is 4.57 Å². The zero-order valence-electron chi connectivity index (χ0n) is 12.4. The molecule has 0 amide bonds. The number of thiazole rings is 1. The Bertz CT molecular complexity index is 643. The van der Waals surface area contributed by atoms with Gasteiger partial charge in [0.1, 0.15) is 0 Å². The van der Waals surface area contributed by atoms with Gasteiger partial charge in [0.05, 0.1) is 11.3 Å². The summed E-state index contributed by atoms with van der Waals surface area (Å²) in [4.78, 5) is 16.9. The maximum Gasteiger partial charge on any atom is 0.259 e. The normalized spacial score (nSPS) is 11.1. The molecule has 2 aromatic heterocycles. The lowest BCUT2D eigenvalue weighted by Crippen LogP contribution is -2.22. The average Bonchev–Trinajstić information content (AvgIpc) is 2.87. The van der Waals surface area contributed by atoms with Crippen molar-refractivity contribution in [1.82, 2.24) is 9.55 Å². The van der Waals surface area contributed by atoms with E-state index in [0.29, 0.717) is 11.5 Å². The minimum Gasteiger partial charge on any atom is -0.362 e. The predicted molar refractivity (Wildman–Crippen MR) is 85.7 cm³/mol. The Kier molecular flexibility index (Phi) is 4.60. The van der Waals surface area contributed by atoms with Crippen molar-refractivity contribution in [2.45, 2.75) is 33.1 Å². The lowest BCUT2D eigenvalue weighted by molar-refractivity contribution is 0.708. The molecule has 5 heteroatoms. The summed E-state index contributed by atoms with van der Waals surface area (Å²) in [5.41, 5.74) is 2.48. The van der Waals surface area contributed by atoms with Gasteiger partial charge >= 0.3 is 0 Å². The minimum atomic E-state index is 0.0172. The van der Waals surface area contributed by atoms with Crippen LogP contribution in [0.5, 0.6) is 0 Å². The van der Waals surface area contributed by atoms with Crippen molar-refractivity contribution in [3.8, 4) is 11.3 Å². The molecule has 0 atom stereocenters. The fourth-order valence-corrected chi connectivity index (χ4v) is 2.87. The van der Waals surface area contributed by atoms with Crippen molar-refractivity contribution in [3.05, 3.63) is 33.6 Å². The Morgan fingerprint density at radius 3 is 2.80 bits per heavy atom. The SMILES string of the molecule is CCCNc1nc(-c2ccc(C(C)C)n(C)c2=O)cs1. The average molecular weight is 291 g/mol. The molecule has 4 nitrogen and oxygen atoms in total. The molecule has 0 unspecified atom stereocenters. The molecule has 2 rings (SSSR count). The van der Waals surface area contributed by atoms with E-state index < -0.39 is 0 Å². The van der Waals surface area contributed by atoms with Crippen LogP contribution in [0.1, 0.15) is 38.8 Å². The van der Waals surface area contributed by atoms with Gasteiger partial charge in [0, 0.05) is 24.7 Å². The number of anilines is 1. The maximum atomic E-state index is 12.4. The molecule has 0 aliphatic heterocycles. The summed E-state index contributed by atoms with van der Waals surface area (Å²) >= 11 is 1.54. The molecular weight excluding hydrogens is 270 g/mol. The molecule has 0 aliphatic carbocycles. The third-order valence-electron chi connectivity index (χ3n) is 3.24. The van der Waals surface area contributed by atoms with Crippen molar-refractivity contribution in [2.75, 3.05) is 11.9 Å². The van der Waals surface area contributed by atoms with E-state index in [4.69, 9.17) is 0 Å². The second kappa shape index (κ2) is 6.22. The van der Waals surface area contributed by atoms with Crippen LogP contribution < -0.4 is 10.9 Å². The molecule has 0 spiro atoms. The number of hydrogen-bond acceptors (Lipinski definition) is 4. The first-order valence-corrected chi connectivity index (χ1v) is 7.82. The van der Waals surface area contributed by atoms with Gasteiger partial charge in [-0.2, -0.15) is 0 Å². The Balaban J connectivity index is 2.36. The summed E-state index contributed by atoms with van der Waals surface area (Å²) in [7, 11) is 1.82. The largest absolute Gasteiger partial charge is 0.362 e. The molecular formula is C15H21N3OS. The summed E-state index contributed by atoms with van der Waals surface area (Å²) in [6.45, 7) is 7.19. The van der Waals surface area contributed by atoms with Gasteiger partial charge in [0.25, 0.3) is 5.56 Å². The molecule has 0 radical (unpaired) electrons. The van der Waals surface area contributed by atoms with Crippen LogP contribution in [-0.4, -0.2) is 16.1 Å². The van der Waals surface area contributed by atoms with Crippen LogP contribution in [0.4, 0.5) is 5.13 Å². The van der Waals surface area contributed by atoms with Gasteiger partial charge in [-0.15, -0.1) is 11.3 Å². The highest BCUT2D eigenvalue weighted by Gasteiger charge is 2.12. The number of aromatic nitrogens is 2. The van der Waals surface area contributed by atoms with E-state index in [1.807, 2.05) is 24.6 Å². The monoisotopic (exact) mass is 291 g/mol. The highest BCUT2D eigenvalue weighted by molar-refractivity contribution is 7.14. The van der Waals surface area contributed by atoms with Crippen molar-refractivity contribution >= 4 is 16.5 Å². The lowest BCUT2D eigenvalue weighted by atomic mass is 10.1. The number of nitrogens with zero attached hydrogens (tertiary/aromatic N) is 2. The summed E-state index contributed by atoms with van der Waals surface area (Å²) in [6.07, 6.45) is 1.06. The third-order valence-corrected chi connectivity index (χ3v) is 4.04. The molecule has 20 heavy (non-hydrogen) atoms. The zero-order chi connectivity index (χ0) is 14.7. The first kappa shape index (κ1) is 14.8. The second-order valence-electron chi connectivity index (χ2n) is 5.16. The molecule has 0 bridgehead atoms. The van der Waals surface area contributed by atoms with Crippen LogP contribution in [0.15, 0.2) is 22.3 Å². The second-order valence-corrected chi connectivity index (χ2v) is 6.01. The molecule has 2 aromatic rings. The number of pyridine rings is 1. The Labute approximate surface area is 123 Å². The van der Waals surface area contributed by atoms with E-state index >= 15 is 0 Å². The van der Waals surface area contributed by atoms with Gasteiger partial charge in [-0.05, 0) is 24.5 Å². The summed E-state index contributed by atoms with van der Waals surface area (Å²) in [5.74, 6) is 0.332. The van der Waals surface area contributed by atoms with Gasteiger partial charge in [0.2, 0.25) is 0 Å². The topological polar surface area (TPSA) is 46.9 Å². The molecule has 0 saturated heterocycles. The van der Waals surface area contributed by atoms with Gasteiger partial charge in [0.15, 0.2) is 5.13 Å². The number of hydrogen-bond donors (Lipinski definition) is 1. The lowest BCUT2D eigenvalue weighted by Gasteiger charge is -2.12. The molecule has 1 N–H and O–H groups in total. The van der Waals surface area contributed by atoms with E-state index in [0.717, 1.165) is 29.5 Å². The Hall–Kier alpha value is -1.62. The number of rotatable bonds is 5. The van der Waals surface area contributed by atoms with Crippen molar-refractivity contribution in [3.63, 3.8) is 0 Å². The van der Waals surface area contributed by atoms with Crippen LogP contribution >= 0.6 is 11.3 Å². The Morgan fingerprint density at radius 2 is 2.15 bits per heavy atom. The van der Waals surface area contributed by atoms with E-state index in [-0.39, 0.29) is 5.56 Å². The van der Waals surface area contributed by atoms with E-state index in [9.17, 15) is 4.79 Å². The summed E-state index contributed by atoms with van der Waals surface area (Å²) in [5, 5.41) is 6.05. The van der Waals surface area contributed by atoms with Gasteiger partial charge in [-0.3, -0.25) is 4.79 Å². The van der Waals surface area contributed by atoms with Crippen LogP contribution in [0.2, 0.25) is 0 Å². The molecule has 2 heterocycles. The predicted octanol–water partition coefficient (Wildman–Crippen LogP) is 3.45. The highest BCUT2D eigenvalue weighted by atomic mass is 32.1. The van der Waals surface area contributed by atoms with Crippen LogP contribution in [0, 0.1) is 0 Å². The van der Waals surface area contributed by atoms with Crippen LogP contribution in [0.3, 0.4) is 0 Å². The fourth-order valence-electron chi connectivity index (χ4n) is 2.13. The molecule has 0 aromatic carbocycles. The maximum absolute atomic E-state index is 12.4. The van der Waals surface area contributed by atoms with E-state index in [1.165, 1.54) is 11.3 Å². The molecule has 0 aliphatic rings. The van der Waals surface area contributed by atoms with Crippen molar-refractivity contribution < 1.29 is 0 Å². The number of nitrogens with one attached hydrogen (secondary N) is 1. The van der Waals surface area contributed by atoms with Crippen LogP contribution in [0.25, 0.3) is 11.3 Å². The first-order valence-electron chi connectivity index (χ1n) is 6.94. The standard InChI is InChI=1S/C15H21N3OS/c1-5-8-16-15-17-12(9-20-15)11-6-7-13(10(2)3)18(4)14(11)19/h6-7,9-10H,5,8H2,1-4H3,(H,16,17). The van der Waals surface area contributed by atoms with Crippen molar-refractivity contribution in [1.29, 1.82) is 0 Å². The van der Waals surface area contributed by atoms with Gasteiger partial charge < -0.3 is 9.88 Å². The molecule has 108 valence electrons. The van der Waals surface area contributed by atoms with E-state index in [2.05, 4.69) is 31.1 Å². The first-order chi connectivity index (χ1) is 9.54. The Morgan fingerprint density at radius 1 is 1.40 bits per heavy atom. The van der Waals surface area contributed by atoms with Gasteiger partial charge in [-0.25, -0.2) is 4.98 Å². The van der Waals surface area contributed by atoms with Crippen molar-refractivity contribution in [2.24, 2.45) is 7.05 Å². The fraction of sp³-hybridized carbons (Fsp3) is 0.467. The third kappa shape index (κ3) is 2.93. The van der Waals surface area contributed by atoms with Gasteiger partial charge in [-0.1, -0.05) is 20.8 Å². The minimum absolute atomic E-state index is 0.0172. The quantitative estimate of drug-likeness (QED) is 0.917. The molecule has 0 saturated carbocycles. The smallest absolute Gasteiger partial charge is 0.259 e. The summed E-state index contributed by atoms with van der Waals surface area (Å²) in [6, 6.07) is 3.90. The van der Waals surface area contributed by atoms with Crippen LogP contribution in [-0.2, 0) is 7.05 Å². The summed E-state index contributed by atoms with van der Waals surface area (Å²) < 4.78 is 1.72.